The Hall–Kier alpha value is -1.62. The number of nitrogens with one attached hydrogen (secondary N) is 1. The van der Waals surface area contributed by atoms with Crippen molar-refractivity contribution < 1.29 is 4.79 Å². The van der Waals surface area contributed by atoms with E-state index in [-0.39, 0.29) is 5.91 Å². The number of amides is 1. The third-order valence-electron chi connectivity index (χ3n) is 2.35. The molecule has 0 atom stereocenters. The number of halogens is 1. The number of carbonyl (C=O) groups is 1. The lowest BCUT2D eigenvalue weighted by atomic mass is 10.2. The molecule has 2 rings (SSSR count). The molecule has 0 aliphatic heterocycles. The Bertz CT molecular complexity index is 563. The second kappa shape index (κ2) is 4.71. The van der Waals surface area contributed by atoms with E-state index in [1.807, 2.05) is 32.2 Å². The summed E-state index contributed by atoms with van der Waals surface area (Å²) in [7, 11) is 1.83. The topological polar surface area (TPSA) is 46.9 Å². The number of nitrogens with zero attached hydrogens (tertiary/aromatic N) is 2. The van der Waals surface area contributed by atoms with Gasteiger partial charge in [-0.2, -0.15) is 0 Å². The SMILES string of the molecule is Cc1cc(NC(=O)c2cn(C)cn2)ccc1Br. The highest BCUT2D eigenvalue weighted by Crippen LogP contribution is 2.20. The quantitative estimate of drug-likeness (QED) is 0.925. The largest absolute Gasteiger partial charge is 0.340 e. The second-order valence-corrected chi connectivity index (χ2v) is 4.70. The number of hydrogen-bond acceptors (Lipinski definition) is 2. The van der Waals surface area contributed by atoms with Crippen LogP contribution >= 0.6 is 15.9 Å². The standard InChI is InChI=1S/C12H12BrN3O/c1-8-5-9(3-4-10(8)13)15-12(17)11-6-16(2)7-14-11/h3-7H,1-2H3,(H,15,17). The van der Waals surface area contributed by atoms with Gasteiger partial charge in [-0.1, -0.05) is 15.9 Å². The van der Waals surface area contributed by atoms with Crippen LogP contribution in [0.3, 0.4) is 0 Å². The number of benzene rings is 1. The summed E-state index contributed by atoms with van der Waals surface area (Å²) in [5.41, 5.74) is 2.25. The predicted molar refractivity (Wildman–Crippen MR) is 70.0 cm³/mol. The Morgan fingerprint density at radius 2 is 2.24 bits per heavy atom. The average Bonchev–Trinajstić information content (AvgIpc) is 2.70. The molecule has 1 amide bonds. The third-order valence-corrected chi connectivity index (χ3v) is 3.24. The third kappa shape index (κ3) is 2.74. The molecule has 0 spiro atoms. The Morgan fingerprint density at radius 3 is 2.82 bits per heavy atom. The number of aryl methyl sites for hydroxylation is 2. The van der Waals surface area contributed by atoms with Gasteiger partial charge < -0.3 is 9.88 Å². The zero-order chi connectivity index (χ0) is 12.4. The lowest BCUT2D eigenvalue weighted by Gasteiger charge is -2.05. The Labute approximate surface area is 108 Å². The molecule has 0 saturated carbocycles. The molecule has 1 N–H and O–H groups in total. The summed E-state index contributed by atoms with van der Waals surface area (Å²) in [4.78, 5) is 15.8. The fourth-order valence-corrected chi connectivity index (χ4v) is 1.69. The molecule has 1 aromatic heterocycles. The molecule has 0 radical (unpaired) electrons. The lowest BCUT2D eigenvalue weighted by Crippen LogP contribution is -2.12. The normalized spacial score (nSPS) is 10.3. The molecular formula is C12H12BrN3O. The average molecular weight is 294 g/mol. The zero-order valence-corrected chi connectivity index (χ0v) is 11.2. The van der Waals surface area contributed by atoms with E-state index in [2.05, 4.69) is 26.2 Å². The summed E-state index contributed by atoms with van der Waals surface area (Å²) in [5.74, 6) is -0.202. The van der Waals surface area contributed by atoms with E-state index in [1.165, 1.54) is 0 Å². The van der Waals surface area contributed by atoms with Crippen LogP contribution in [0.5, 0.6) is 0 Å². The van der Waals surface area contributed by atoms with Crippen LogP contribution in [0.4, 0.5) is 5.69 Å². The fourth-order valence-electron chi connectivity index (χ4n) is 1.45. The van der Waals surface area contributed by atoms with Crippen molar-refractivity contribution in [2.45, 2.75) is 6.92 Å². The first-order valence-electron chi connectivity index (χ1n) is 5.12. The van der Waals surface area contributed by atoms with Crippen LogP contribution in [0.25, 0.3) is 0 Å². The van der Waals surface area contributed by atoms with E-state index >= 15 is 0 Å². The summed E-state index contributed by atoms with van der Waals surface area (Å²) in [6.07, 6.45) is 3.28. The number of anilines is 1. The van der Waals surface area contributed by atoms with Gasteiger partial charge in [-0.15, -0.1) is 0 Å². The first-order valence-corrected chi connectivity index (χ1v) is 5.91. The van der Waals surface area contributed by atoms with Crippen LogP contribution in [0.2, 0.25) is 0 Å². The maximum atomic E-state index is 11.8. The van der Waals surface area contributed by atoms with E-state index in [0.29, 0.717) is 5.69 Å². The van der Waals surface area contributed by atoms with Crippen molar-refractivity contribution in [3.63, 3.8) is 0 Å². The van der Waals surface area contributed by atoms with Crippen molar-refractivity contribution in [3.8, 4) is 0 Å². The van der Waals surface area contributed by atoms with E-state index in [4.69, 9.17) is 0 Å². The van der Waals surface area contributed by atoms with Gasteiger partial charge in [-0.05, 0) is 30.7 Å². The Morgan fingerprint density at radius 1 is 1.47 bits per heavy atom. The number of aromatic nitrogens is 2. The predicted octanol–water partition coefficient (Wildman–Crippen LogP) is 2.74. The van der Waals surface area contributed by atoms with Gasteiger partial charge in [0, 0.05) is 23.4 Å². The molecule has 0 saturated heterocycles. The number of rotatable bonds is 2. The summed E-state index contributed by atoms with van der Waals surface area (Å²) < 4.78 is 2.76. The van der Waals surface area contributed by atoms with Gasteiger partial charge >= 0.3 is 0 Å². The lowest BCUT2D eigenvalue weighted by molar-refractivity contribution is 0.102. The molecule has 88 valence electrons. The van der Waals surface area contributed by atoms with Gasteiger partial charge in [-0.3, -0.25) is 4.79 Å². The maximum Gasteiger partial charge on any atom is 0.275 e. The van der Waals surface area contributed by atoms with E-state index < -0.39 is 0 Å². The van der Waals surface area contributed by atoms with E-state index in [9.17, 15) is 4.79 Å². The van der Waals surface area contributed by atoms with Gasteiger partial charge in [0.15, 0.2) is 0 Å². The molecule has 17 heavy (non-hydrogen) atoms. The molecular weight excluding hydrogens is 282 g/mol. The van der Waals surface area contributed by atoms with Gasteiger partial charge in [-0.25, -0.2) is 4.98 Å². The minimum atomic E-state index is -0.202. The molecule has 0 fully saturated rings. The number of carbonyl (C=O) groups excluding carboxylic acids is 1. The molecule has 1 heterocycles. The van der Waals surface area contributed by atoms with Gasteiger partial charge in [0.05, 0.1) is 6.33 Å². The summed E-state index contributed by atoms with van der Waals surface area (Å²) in [6, 6.07) is 5.66. The van der Waals surface area contributed by atoms with Crippen LogP contribution in [0, 0.1) is 6.92 Å². The van der Waals surface area contributed by atoms with E-state index in [1.54, 1.807) is 17.1 Å². The van der Waals surface area contributed by atoms with Gasteiger partial charge in [0.2, 0.25) is 0 Å². The zero-order valence-electron chi connectivity index (χ0n) is 9.57. The Balaban J connectivity index is 2.15. The first kappa shape index (κ1) is 11.9. The molecule has 2 aromatic rings. The summed E-state index contributed by atoms with van der Waals surface area (Å²) in [6.45, 7) is 1.97. The number of imidazole rings is 1. The monoisotopic (exact) mass is 293 g/mol. The molecule has 0 aliphatic carbocycles. The van der Waals surface area contributed by atoms with Crippen LogP contribution in [0.1, 0.15) is 16.1 Å². The number of hydrogen-bond donors (Lipinski definition) is 1. The first-order chi connectivity index (χ1) is 8.06. The van der Waals surface area contributed by atoms with Crippen molar-refractivity contribution in [3.05, 3.63) is 46.5 Å². The van der Waals surface area contributed by atoms with Crippen molar-refractivity contribution >= 4 is 27.5 Å². The van der Waals surface area contributed by atoms with Crippen LogP contribution < -0.4 is 5.32 Å². The Kier molecular flexibility index (Phi) is 3.28. The molecule has 0 unspecified atom stereocenters. The van der Waals surface area contributed by atoms with Crippen molar-refractivity contribution in [1.29, 1.82) is 0 Å². The fraction of sp³-hybridized carbons (Fsp3) is 0.167. The van der Waals surface area contributed by atoms with E-state index in [0.717, 1.165) is 15.7 Å². The van der Waals surface area contributed by atoms with Crippen LogP contribution in [-0.4, -0.2) is 15.5 Å². The maximum absolute atomic E-state index is 11.8. The highest BCUT2D eigenvalue weighted by atomic mass is 79.9. The molecule has 0 bridgehead atoms. The molecule has 5 heteroatoms. The minimum Gasteiger partial charge on any atom is -0.340 e. The van der Waals surface area contributed by atoms with Crippen LogP contribution in [-0.2, 0) is 7.05 Å². The molecule has 4 nitrogen and oxygen atoms in total. The highest BCUT2D eigenvalue weighted by Gasteiger charge is 2.09. The summed E-state index contributed by atoms with van der Waals surface area (Å²) >= 11 is 3.42. The minimum absolute atomic E-state index is 0.202. The smallest absolute Gasteiger partial charge is 0.275 e. The van der Waals surface area contributed by atoms with Crippen LogP contribution in [0.15, 0.2) is 35.2 Å². The molecule has 1 aromatic carbocycles. The van der Waals surface area contributed by atoms with Crippen molar-refractivity contribution in [1.82, 2.24) is 9.55 Å². The van der Waals surface area contributed by atoms with Gasteiger partial charge in [0.1, 0.15) is 5.69 Å². The molecule has 0 aliphatic rings. The second-order valence-electron chi connectivity index (χ2n) is 3.84. The van der Waals surface area contributed by atoms with Crippen molar-refractivity contribution in [2.75, 3.05) is 5.32 Å². The summed E-state index contributed by atoms with van der Waals surface area (Å²) in [5, 5.41) is 2.80. The highest BCUT2D eigenvalue weighted by molar-refractivity contribution is 9.10. The van der Waals surface area contributed by atoms with Gasteiger partial charge in [0.25, 0.3) is 5.91 Å². The van der Waals surface area contributed by atoms with Crippen molar-refractivity contribution in [2.24, 2.45) is 7.05 Å².